The number of hydrogen-bond acceptors (Lipinski definition) is 2. The molecule has 0 aromatic heterocycles. The summed E-state index contributed by atoms with van der Waals surface area (Å²) >= 11 is 0. The van der Waals surface area contributed by atoms with Crippen molar-refractivity contribution in [1.82, 2.24) is 0 Å². The highest BCUT2D eigenvalue weighted by Gasteiger charge is 2.72. The van der Waals surface area contributed by atoms with E-state index in [1.165, 1.54) is 12.0 Å². The van der Waals surface area contributed by atoms with Crippen LogP contribution in [0.25, 0.3) is 0 Å². The Hall–Kier alpha value is -2.50. The van der Waals surface area contributed by atoms with Crippen LogP contribution in [0, 0.1) is 32.6 Å². The van der Waals surface area contributed by atoms with Gasteiger partial charge in [0.25, 0.3) is 0 Å². The van der Waals surface area contributed by atoms with Crippen LogP contribution in [0.4, 0.5) is 26.3 Å². The molecule has 0 fully saturated rings. The molecule has 0 heterocycles. The van der Waals surface area contributed by atoms with Gasteiger partial charge in [0.15, 0.2) is 0 Å². The largest absolute Gasteiger partial charge is 0.438 e. The second-order valence-corrected chi connectivity index (χ2v) is 8.60. The molecule has 0 unspecified atom stereocenters. The van der Waals surface area contributed by atoms with Crippen molar-refractivity contribution in [1.29, 1.82) is 0 Å². The Kier molecular flexibility index (Phi) is 8.73. The number of methoxy groups -OCH3 is 1. The van der Waals surface area contributed by atoms with E-state index in [1.807, 2.05) is 19.9 Å². The smallest absolute Gasteiger partial charge is 0.359 e. The van der Waals surface area contributed by atoms with Gasteiger partial charge in [-0.2, -0.15) is 26.3 Å². The van der Waals surface area contributed by atoms with Crippen LogP contribution < -0.4 is 0 Å². The zero-order chi connectivity index (χ0) is 26.7. The third-order valence-electron chi connectivity index (χ3n) is 6.61. The van der Waals surface area contributed by atoms with Gasteiger partial charge < -0.3 is 9.47 Å². The highest BCUT2D eigenvalue weighted by Crippen LogP contribution is 2.46. The summed E-state index contributed by atoms with van der Waals surface area (Å²) in [5, 5.41) is 0. The molecule has 2 aromatic carbocycles. The summed E-state index contributed by atoms with van der Waals surface area (Å²) in [6, 6.07) is 11.2. The topological polar surface area (TPSA) is 18.5 Å². The fraction of sp³-hybridized carbons (Fsp3) is 0.481. The molecule has 2 aromatic rings. The molecular weight excluding hydrogens is 470 g/mol. The van der Waals surface area contributed by atoms with E-state index < -0.39 is 24.7 Å². The summed E-state index contributed by atoms with van der Waals surface area (Å²) in [6.07, 6.45) is -10.1. The first kappa shape index (κ1) is 28.7. The minimum atomic E-state index is -5.83. The average Bonchev–Trinajstić information content (AvgIpc) is 2.76. The molecule has 0 bridgehead atoms. The van der Waals surface area contributed by atoms with E-state index in [0.717, 1.165) is 42.2 Å². The molecule has 0 atom stereocenters. The van der Waals surface area contributed by atoms with E-state index in [-0.39, 0.29) is 11.0 Å². The van der Waals surface area contributed by atoms with Crippen molar-refractivity contribution in [3.05, 3.63) is 69.8 Å². The zero-order valence-corrected chi connectivity index (χ0v) is 20.7. The molecule has 192 valence electrons. The van der Waals surface area contributed by atoms with Crippen LogP contribution in [0.15, 0.2) is 36.4 Å². The van der Waals surface area contributed by atoms with Crippen LogP contribution in [-0.4, -0.2) is 31.9 Å². The van der Waals surface area contributed by atoms with E-state index in [9.17, 15) is 26.3 Å². The van der Waals surface area contributed by atoms with Gasteiger partial charge in [0, 0.05) is 18.1 Å². The molecule has 0 aliphatic rings. The molecule has 0 aliphatic carbocycles. The minimum absolute atomic E-state index is 0.0498. The summed E-state index contributed by atoms with van der Waals surface area (Å²) in [5.74, 6) is 3.41. The Morgan fingerprint density at radius 1 is 0.743 bits per heavy atom. The molecule has 0 aliphatic heterocycles. The van der Waals surface area contributed by atoms with E-state index in [1.54, 1.807) is 19.1 Å². The Morgan fingerprint density at radius 2 is 1.26 bits per heavy atom. The zero-order valence-electron chi connectivity index (χ0n) is 20.7. The summed E-state index contributed by atoms with van der Waals surface area (Å²) in [6.45, 7) is 8.54. The fourth-order valence-corrected chi connectivity index (χ4v) is 4.18. The molecule has 0 radical (unpaired) electrons. The number of hydrogen-bond donors (Lipinski definition) is 0. The first-order chi connectivity index (χ1) is 16.2. The van der Waals surface area contributed by atoms with Gasteiger partial charge in [0.05, 0.1) is 0 Å². The molecule has 2 nitrogen and oxygen atoms in total. The van der Waals surface area contributed by atoms with Gasteiger partial charge in [-0.15, -0.1) is 0 Å². The summed E-state index contributed by atoms with van der Waals surface area (Å²) in [4.78, 5) is 0. The van der Waals surface area contributed by atoms with Gasteiger partial charge in [0.2, 0.25) is 0 Å². The number of benzene rings is 2. The van der Waals surface area contributed by atoms with E-state index in [4.69, 9.17) is 0 Å². The van der Waals surface area contributed by atoms with E-state index in [2.05, 4.69) is 41.4 Å². The van der Waals surface area contributed by atoms with E-state index in [0.29, 0.717) is 5.56 Å². The van der Waals surface area contributed by atoms with Crippen LogP contribution in [0.1, 0.15) is 60.1 Å². The highest BCUT2D eigenvalue weighted by atomic mass is 19.4. The highest BCUT2D eigenvalue weighted by molar-refractivity contribution is 5.49. The number of halogens is 6. The van der Waals surface area contributed by atoms with Gasteiger partial charge in [-0.05, 0) is 73.4 Å². The Labute approximate surface area is 202 Å². The molecule has 0 spiro atoms. The molecule has 0 amide bonds. The van der Waals surface area contributed by atoms with Crippen LogP contribution in [-0.2, 0) is 14.9 Å². The number of rotatable bonds is 7. The van der Waals surface area contributed by atoms with Crippen LogP contribution >= 0.6 is 0 Å². The molecular formula is C27H30F6O2. The second-order valence-electron chi connectivity index (χ2n) is 8.60. The van der Waals surface area contributed by atoms with Crippen LogP contribution in [0.3, 0.4) is 0 Å². The van der Waals surface area contributed by atoms with Crippen molar-refractivity contribution in [2.24, 2.45) is 0 Å². The predicted molar refractivity (Wildman–Crippen MR) is 123 cm³/mol. The lowest BCUT2D eigenvalue weighted by molar-refractivity contribution is -0.368. The van der Waals surface area contributed by atoms with Gasteiger partial charge in [-0.25, -0.2) is 0 Å². The van der Waals surface area contributed by atoms with Crippen molar-refractivity contribution in [3.8, 4) is 11.8 Å². The van der Waals surface area contributed by atoms with Crippen molar-refractivity contribution < 1.29 is 35.8 Å². The van der Waals surface area contributed by atoms with Crippen molar-refractivity contribution in [2.45, 2.75) is 70.8 Å². The van der Waals surface area contributed by atoms with Gasteiger partial charge in [-0.1, -0.05) is 50.1 Å². The third kappa shape index (κ3) is 5.52. The third-order valence-corrected chi connectivity index (χ3v) is 6.61. The van der Waals surface area contributed by atoms with Gasteiger partial charge >= 0.3 is 18.0 Å². The second kappa shape index (κ2) is 10.6. The van der Waals surface area contributed by atoms with Crippen molar-refractivity contribution >= 4 is 0 Å². The predicted octanol–water partition coefficient (Wildman–Crippen LogP) is 7.55. The van der Waals surface area contributed by atoms with Crippen LogP contribution in [0.2, 0.25) is 0 Å². The number of ether oxygens (including phenoxy) is 2. The summed E-state index contributed by atoms with van der Waals surface area (Å²) in [7, 11) is 0.928. The van der Waals surface area contributed by atoms with Crippen LogP contribution in [0.5, 0.6) is 0 Å². The summed E-state index contributed by atoms with van der Waals surface area (Å²) < 4.78 is 89.8. The lowest BCUT2D eigenvalue weighted by atomic mass is 9.69. The standard InChI is InChI=1S/C27H30F6O2/c1-7-24(8-2,22-11-9-18(3)19(4)15-22)23-12-10-21(20(5)16-23)13-14-25(26(28,29)30,27(31,32)33)35-17-34-6/h9-12,15-16H,7-8,17H2,1-6H3. The Balaban J connectivity index is 2.62. The quantitative estimate of drug-likeness (QED) is 0.222. The maximum absolute atomic E-state index is 13.6. The maximum Gasteiger partial charge on any atom is 0.438 e. The number of aryl methyl sites for hydroxylation is 3. The maximum atomic E-state index is 13.6. The minimum Gasteiger partial charge on any atom is -0.359 e. The lowest BCUT2D eigenvalue weighted by Crippen LogP contribution is -2.58. The van der Waals surface area contributed by atoms with Crippen molar-refractivity contribution in [3.63, 3.8) is 0 Å². The SMILES string of the molecule is CCC(CC)(c1ccc(C)c(C)c1)c1ccc(C#CC(OCOC)(C(F)(F)F)C(F)(F)F)c(C)c1. The monoisotopic (exact) mass is 500 g/mol. The molecule has 2 rings (SSSR count). The van der Waals surface area contributed by atoms with Gasteiger partial charge in [0.1, 0.15) is 6.79 Å². The summed E-state index contributed by atoms with van der Waals surface area (Å²) in [5.41, 5.74) is -0.198. The Morgan fingerprint density at radius 3 is 1.69 bits per heavy atom. The average molecular weight is 501 g/mol. The Bertz CT molecular complexity index is 1070. The molecule has 0 saturated heterocycles. The molecule has 0 saturated carbocycles. The normalized spacial score (nSPS) is 12.9. The fourth-order valence-electron chi connectivity index (χ4n) is 4.18. The van der Waals surface area contributed by atoms with E-state index >= 15 is 0 Å². The number of alkyl halides is 6. The molecule has 0 N–H and O–H groups in total. The first-order valence-corrected chi connectivity index (χ1v) is 11.2. The lowest BCUT2D eigenvalue weighted by Gasteiger charge is -2.34. The van der Waals surface area contributed by atoms with Gasteiger partial charge in [-0.3, -0.25) is 0 Å². The first-order valence-electron chi connectivity index (χ1n) is 11.2. The van der Waals surface area contributed by atoms with Crippen molar-refractivity contribution in [2.75, 3.05) is 13.9 Å². The molecule has 8 heteroatoms. The molecule has 35 heavy (non-hydrogen) atoms.